The first-order valence-corrected chi connectivity index (χ1v) is 5.04. The van der Waals surface area contributed by atoms with E-state index in [1.54, 1.807) is 0 Å². The van der Waals surface area contributed by atoms with Crippen molar-refractivity contribution in [3.8, 4) is 0 Å². The van der Waals surface area contributed by atoms with Gasteiger partial charge in [-0.3, -0.25) is 4.79 Å². The Hall–Kier alpha value is -0.860. The molecule has 0 unspecified atom stereocenters. The summed E-state index contributed by atoms with van der Waals surface area (Å²) in [5.74, 6) is -0.0750. The zero-order valence-corrected chi connectivity index (χ0v) is 9.08. The molecule has 0 saturated heterocycles. The molecule has 0 aromatic heterocycles. The summed E-state index contributed by atoms with van der Waals surface area (Å²) >= 11 is 0. The van der Waals surface area contributed by atoms with Gasteiger partial charge in [0.2, 0.25) is 0 Å². The normalized spacial score (nSPS) is 30.8. The first-order chi connectivity index (χ1) is 6.51. The summed E-state index contributed by atoms with van der Waals surface area (Å²) in [7, 11) is 1.42. The van der Waals surface area contributed by atoms with Gasteiger partial charge in [0.15, 0.2) is 0 Å². The van der Waals surface area contributed by atoms with Crippen LogP contribution in [-0.2, 0) is 14.3 Å². The molecule has 2 atom stereocenters. The van der Waals surface area contributed by atoms with Gasteiger partial charge in [-0.25, -0.2) is 0 Å². The average Bonchev–Trinajstić information content (AvgIpc) is 2.15. The van der Waals surface area contributed by atoms with Gasteiger partial charge in [-0.05, 0) is 24.7 Å². The van der Waals surface area contributed by atoms with Crippen LogP contribution in [0.5, 0.6) is 0 Å². The van der Waals surface area contributed by atoms with Crippen molar-refractivity contribution < 1.29 is 14.3 Å². The zero-order chi connectivity index (χ0) is 10.8. The molecule has 0 N–H and O–H groups in total. The van der Waals surface area contributed by atoms with Crippen LogP contribution in [0.2, 0.25) is 0 Å². The molecule has 0 aromatic rings. The van der Waals surface area contributed by atoms with E-state index in [1.807, 2.05) is 13.8 Å². The van der Waals surface area contributed by atoms with Crippen molar-refractivity contribution in [3.63, 3.8) is 0 Å². The van der Waals surface area contributed by atoms with Crippen molar-refractivity contribution in [2.24, 2.45) is 17.3 Å². The molecular formula is C11H18O3. The van der Waals surface area contributed by atoms with Crippen LogP contribution >= 0.6 is 0 Å². The number of methoxy groups -OCH3 is 1. The summed E-state index contributed by atoms with van der Waals surface area (Å²) in [5.41, 5.74) is -0.114. The summed E-state index contributed by atoms with van der Waals surface area (Å²) in [6.07, 6.45) is 3.38. The minimum atomic E-state index is -0.139. The van der Waals surface area contributed by atoms with Crippen molar-refractivity contribution in [1.29, 1.82) is 0 Å². The van der Waals surface area contributed by atoms with E-state index in [1.165, 1.54) is 7.11 Å². The number of ether oxygens (including phenoxy) is 1. The Morgan fingerprint density at radius 1 is 1.43 bits per heavy atom. The Balaban J connectivity index is 2.72. The maximum atomic E-state index is 11.5. The fraction of sp³-hybridized carbons (Fsp3) is 0.818. The van der Waals surface area contributed by atoms with E-state index in [0.29, 0.717) is 0 Å². The van der Waals surface area contributed by atoms with Crippen LogP contribution in [0.15, 0.2) is 0 Å². The molecule has 3 nitrogen and oxygen atoms in total. The molecule has 0 bridgehead atoms. The lowest BCUT2D eigenvalue weighted by atomic mass is 9.65. The number of rotatable bonds is 2. The predicted octanol–water partition coefficient (Wildman–Crippen LogP) is 1.80. The monoisotopic (exact) mass is 198 g/mol. The lowest BCUT2D eigenvalue weighted by Crippen LogP contribution is -2.38. The van der Waals surface area contributed by atoms with Crippen molar-refractivity contribution >= 4 is 12.3 Å². The topological polar surface area (TPSA) is 43.4 Å². The second-order valence-corrected chi connectivity index (χ2v) is 4.74. The van der Waals surface area contributed by atoms with Crippen molar-refractivity contribution in [1.82, 2.24) is 0 Å². The van der Waals surface area contributed by atoms with Crippen molar-refractivity contribution in [2.75, 3.05) is 7.11 Å². The first kappa shape index (κ1) is 11.2. The van der Waals surface area contributed by atoms with Crippen LogP contribution in [0.1, 0.15) is 33.1 Å². The van der Waals surface area contributed by atoms with Crippen molar-refractivity contribution in [3.05, 3.63) is 0 Å². The Labute approximate surface area is 84.8 Å². The van der Waals surface area contributed by atoms with Gasteiger partial charge in [0, 0.05) is 5.92 Å². The Morgan fingerprint density at radius 2 is 2.07 bits per heavy atom. The maximum absolute atomic E-state index is 11.5. The fourth-order valence-electron chi connectivity index (χ4n) is 2.39. The summed E-state index contributed by atoms with van der Waals surface area (Å²) in [6.45, 7) is 4.06. The molecule has 3 heteroatoms. The molecule has 1 aliphatic carbocycles. The van der Waals surface area contributed by atoms with Crippen LogP contribution in [0.25, 0.3) is 0 Å². The number of esters is 1. The van der Waals surface area contributed by atoms with Crippen molar-refractivity contribution in [2.45, 2.75) is 33.1 Å². The number of hydrogen-bond donors (Lipinski definition) is 0. The summed E-state index contributed by atoms with van der Waals surface area (Å²) in [4.78, 5) is 22.1. The van der Waals surface area contributed by atoms with Gasteiger partial charge in [-0.2, -0.15) is 0 Å². The molecule has 0 radical (unpaired) electrons. The minimum Gasteiger partial charge on any atom is -0.469 e. The molecule has 1 aliphatic rings. The van der Waals surface area contributed by atoms with Gasteiger partial charge >= 0.3 is 5.97 Å². The van der Waals surface area contributed by atoms with E-state index in [0.717, 1.165) is 25.5 Å². The third kappa shape index (κ3) is 2.14. The third-order valence-electron chi connectivity index (χ3n) is 3.24. The van der Waals surface area contributed by atoms with Gasteiger partial charge < -0.3 is 9.53 Å². The fourth-order valence-corrected chi connectivity index (χ4v) is 2.39. The highest BCUT2D eigenvalue weighted by molar-refractivity contribution is 5.73. The second-order valence-electron chi connectivity index (χ2n) is 4.74. The Morgan fingerprint density at radius 3 is 2.50 bits per heavy atom. The molecule has 1 rings (SSSR count). The molecule has 1 fully saturated rings. The van der Waals surface area contributed by atoms with E-state index < -0.39 is 0 Å². The largest absolute Gasteiger partial charge is 0.469 e. The molecule has 14 heavy (non-hydrogen) atoms. The van der Waals surface area contributed by atoms with E-state index in [4.69, 9.17) is 4.74 Å². The molecule has 0 spiro atoms. The highest BCUT2D eigenvalue weighted by Crippen LogP contribution is 2.43. The maximum Gasteiger partial charge on any atom is 0.309 e. The smallest absolute Gasteiger partial charge is 0.309 e. The summed E-state index contributed by atoms with van der Waals surface area (Å²) < 4.78 is 4.77. The molecule has 0 heterocycles. The van der Waals surface area contributed by atoms with E-state index >= 15 is 0 Å². The molecule has 0 aromatic carbocycles. The number of carbonyl (C=O) groups is 2. The SMILES string of the molecule is COC(=O)[C@@H]1CC[C@@H](C=O)CC1(C)C. The minimum absolute atomic E-state index is 0.0521. The van der Waals surface area contributed by atoms with Gasteiger partial charge in [0.1, 0.15) is 6.29 Å². The van der Waals surface area contributed by atoms with E-state index in [2.05, 4.69) is 0 Å². The molecule has 80 valence electrons. The van der Waals surface area contributed by atoms with Crippen LogP contribution in [0.3, 0.4) is 0 Å². The number of carbonyl (C=O) groups excluding carboxylic acids is 2. The highest BCUT2D eigenvalue weighted by Gasteiger charge is 2.41. The zero-order valence-electron chi connectivity index (χ0n) is 9.08. The van der Waals surface area contributed by atoms with Crippen LogP contribution in [0, 0.1) is 17.3 Å². The molecule has 0 aliphatic heterocycles. The lowest BCUT2D eigenvalue weighted by Gasteiger charge is -2.39. The van der Waals surface area contributed by atoms with E-state index in [9.17, 15) is 9.59 Å². The lowest BCUT2D eigenvalue weighted by molar-refractivity contribution is -0.152. The molecule has 0 amide bonds. The van der Waals surface area contributed by atoms with Crippen LogP contribution < -0.4 is 0 Å². The Kier molecular flexibility index (Phi) is 3.29. The second kappa shape index (κ2) is 4.11. The Bertz CT molecular complexity index is 233. The van der Waals surface area contributed by atoms with Gasteiger partial charge in [-0.1, -0.05) is 13.8 Å². The van der Waals surface area contributed by atoms with Gasteiger partial charge in [-0.15, -0.1) is 0 Å². The third-order valence-corrected chi connectivity index (χ3v) is 3.24. The van der Waals surface area contributed by atoms with E-state index in [-0.39, 0.29) is 23.2 Å². The summed E-state index contributed by atoms with van der Waals surface area (Å²) in [5, 5.41) is 0. The highest BCUT2D eigenvalue weighted by atomic mass is 16.5. The van der Waals surface area contributed by atoms with Gasteiger partial charge in [0.25, 0.3) is 0 Å². The number of hydrogen-bond acceptors (Lipinski definition) is 3. The predicted molar refractivity (Wildman–Crippen MR) is 52.7 cm³/mol. The molecular weight excluding hydrogens is 180 g/mol. The average molecular weight is 198 g/mol. The van der Waals surface area contributed by atoms with Crippen LogP contribution in [-0.4, -0.2) is 19.4 Å². The molecule has 1 saturated carbocycles. The first-order valence-electron chi connectivity index (χ1n) is 5.04. The van der Waals surface area contributed by atoms with Gasteiger partial charge in [0.05, 0.1) is 13.0 Å². The standard InChI is InChI=1S/C11H18O3/c1-11(2)6-8(7-12)4-5-9(11)10(13)14-3/h7-9H,4-6H2,1-3H3/t8-,9+/m1/s1. The summed E-state index contributed by atoms with van der Waals surface area (Å²) in [6, 6.07) is 0. The number of aldehydes is 1. The quantitative estimate of drug-likeness (QED) is 0.502. The van der Waals surface area contributed by atoms with Crippen LogP contribution in [0.4, 0.5) is 0 Å².